The maximum atomic E-state index is 4.41. The smallest absolute Gasteiger partial charge is 0.0416 e. The minimum Gasteiger partial charge on any atom is -0.311 e. The van der Waals surface area contributed by atoms with Gasteiger partial charge >= 0.3 is 0 Å². The van der Waals surface area contributed by atoms with E-state index in [9.17, 15) is 0 Å². The van der Waals surface area contributed by atoms with Crippen molar-refractivity contribution in [1.82, 2.24) is 15.2 Å². The molecular weight excluding hydrogens is 222 g/mol. The molecule has 1 saturated heterocycles. The van der Waals surface area contributed by atoms with Gasteiger partial charge in [-0.3, -0.25) is 9.88 Å². The summed E-state index contributed by atoms with van der Waals surface area (Å²) in [6.45, 7) is 5.83. The first kappa shape index (κ1) is 12.1. The number of pyridine rings is 1. The van der Waals surface area contributed by atoms with E-state index in [1.165, 1.54) is 25.1 Å². The van der Waals surface area contributed by atoms with Gasteiger partial charge in [0.05, 0.1) is 0 Å². The third-order valence-corrected chi connectivity index (χ3v) is 4.30. The van der Waals surface area contributed by atoms with Crippen molar-refractivity contribution in [1.29, 1.82) is 0 Å². The van der Waals surface area contributed by atoms with Crippen LogP contribution in [0.2, 0.25) is 0 Å². The van der Waals surface area contributed by atoms with E-state index in [0.717, 1.165) is 31.5 Å². The molecule has 2 atom stereocenters. The van der Waals surface area contributed by atoms with Crippen LogP contribution in [0.15, 0.2) is 24.4 Å². The van der Waals surface area contributed by atoms with Gasteiger partial charge in [0.2, 0.25) is 0 Å². The fourth-order valence-electron chi connectivity index (χ4n) is 2.88. The SMILES string of the molecule is CC1CNC(C2CC2)CN1CCc1ccccn1. The number of hydrogen-bond acceptors (Lipinski definition) is 3. The minimum absolute atomic E-state index is 0.656. The number of hydrogen-bond donors (Lipinski definition) is 1. The lowest BCUT2D eigenvalue weighted by molar-refractivity contribution is 0.134. The van der Waals surface area contributed by atoms with Gasteiger partial charge in [0.25, 0.3) is 0 Å². The maximum Gasteiger partial charge on any atom is 0.0416 e. The van der Waals surface area contributed by atoms with Crippen molar-refractivity contribution in [3.8, 4) is 0 Å². The van der Waals surface area contributed by atoms with Crippen LogP contribution in [-0.4, -0.2) is 41.6 Å². The van der Waals surface area contributed by atoms with Crippen molar-refractivity contribution < 1.29 is 0 Å². The number of nitrogens with one attached hydrogen (secondary N) is 1. The maximum absolute atomic E-state index is 4.41. The van der Waals surface area contributed by atoms with Crippen LogP contribution < -0.4 is 5.32 Å². The fraction of sp³-hybridized carbons (Fsp3) is 0.667. The number of nitrogens with zero attached hydrogens (tertiary/aromatic N) is 2. The van der Waals surface area contributed by atoms with E-state index >= 15 is 0 Å². The van der Waals surface area contributed by atoms with Crippen LogP contribution in [0.5, 0.6) is 0 Å². The second-order valence-electron chi connectivity index (χ2n) is 5.77. The zero-order chi connectivity index (χ0) is 12.4. The summed E-state index contributed by atoms with van der Waals surface area (Å²) in [4.78, 5) is 7.05. The van der Waals surface area contributed by atoms with Crippen molar-refractivity contribution >= 4 is 0 Å². The Morgan fingerprint density at radius 3 is 3.00 bits per heavy atom. The Balaban J connectivity index is 1.53. The molecule has 1 aliphatic carbocycles. The zero-order valence-electron chi connectivity index (χ0n) is 11.2. The van der Waals surface area contributed by atoms with Crippen molar-refractivity contribution in [2.75, 3.05) is 19.6 Å². The largest absolute Gasteiger partial charge is 0.311 e. The van der Waals surface area contributed by atoms with E-state index in [2.05, 4.69) is 34.3 Å². The molecule has 0 bridgehead atoms. The fourth-order valence-corrected chi connectivity index (χ4v) is 2.88. The van der Waals surface area contributed by atoms with Crippen LogP contribution in [0.25, 0.3) is 0 Å². The second-order valence-corrected chi connectivity index (χ2v) is 5.77. The first-order valence-corrected chi connectivity index (χ1v) is 7.20. The van der Waals surface area contributed by atoms with Gasteiger partial charge in [-0.05, 0) is 37.8 Å². The molecule has 1 saturated carbocycles. The van der Waals surface area contributed by atoms with Gasteiger partial charge in [0.15, 0.2) is 0 Å². The van der Waals surface area contributed by atoms with Crippen LogP contribution in [0.3, 0.4) is 0 Å². The van der Waals surface area contributed by atoms with E-state index in [0.29, 0.717) is 6.04 Å². The normalized spacial score (nSPS) is 29.4. The molecule has 3 heteroatoms. The Labute approximate surface area is 110 Å². The van der Waals surface area contributed by atoms with Crippen LogP contribution >= 0.6 is 0 Å². The molecule has 0 amide bonds. The minimum atomic E-state index is 0.656. The predicted octanol–water partition coefficient (Wildman–Crippen LogP) is 1.70. The molecule has 1 aromatic heterocycles. The van der Waals surface area contributed by atoms with E-state index in [1.807, 2.05) is 12.3 Å². The van der Waals surface area contributed by atoms with Crippen LogP contribution in [0.4, 0.5) is 0 Å². The van der Waals surface area contributed by atoms with Crippen LogP contribution in [0.1, 0.15) is 25.5 Å². The van der Waals surface area contributed by atoms with Crippen molar-refractivity contribution in [2.45, 2.75) is 38.3 Å². The summed E-state index contributed by atoms with van der Waals surface area (Å²) in [5.41, 5.74) is 1.21. The Morgan fingerprint density at radius 1 is 1.39 bits per heavy atom. The molecule has 98 valence electrons. The quantitative estimate of drug-likeness (QED) is 0.875. The Morgan fingerprint density at radius 2 is 2.28 bits per heavy atom. The standard InChI is InChI=1S/C15H23N3/c1-12-10-17-15(13-5-6-13)11-18(12)9-7-14-4-2-3-8-16-14/h2-4,8,12-13,15,17H,5-7,9-11H2,1H3. The van der Waals surface area contributed by atoms with E-state index < -0.39 is 0 Å². The molecule has 2 heterocycles. The highest BCUT2D eigenvalue weighted by atomic mass is 15.2. The zero-order valence-corrected chi connectivity index (χ0v) is 11.2. The third-order valence-electron chi connectivity index (χ3n) is 4.30. The van der Waals surface area contributed by atoms with Gasteiger partial charge in [-0.15, -0.1) is 0 Å². The van der Waals surface area contributed by atoms with Gasteiger partial charge in [0.1, 0.15) is 0 Å². The van der Waals surface area contributed by atoms with Crippen LogP contribution in [0, 0.1) is 5.92 Å². The average molecular weight is 245 g/mol. The molecule has 0 aromatic carbocycles. The summed E-state index contributed by atoms with van der Waals surface area (Å²) in [6.07, 6.45) is 5.83. The Hall–Kier alpha value is -0.930. The average Bonchev–Trinajstić information content (AvgIpc) is 3.23. The van der Waals surface area contributed by atoms with Crippen molar-refractivity contribution in [3.05, 3.63) is 30.1 Å². The molecule has 3 nitrogen and oxygen atoms in total. The van der Waals surface area contributed by atoms with Crippen molar-refractivity contribution in [2.24, 2.45) is 5.92 Å². The highest BCUT2D eigenvalue weighted by Crippen LogP contribution is 2.34. The van der Waals surface area contributed by atoms with E-state index in [1.54, 1.807) is 0 Å². The Kier molecular flexibility index (Phi) is 3.62. The summed E-state index contributed by atoms with van der Waals surface area (Å²) < 4.78 is 0. The summed E-state index contributed by atoms with van der Waals surface area (Å²) in [6, 6.07) is 7.59. The lowest BCUT2D eigenvalue weighted by Gasteiger charge is -2.39. The van der Waals surface area contributed by atoms with Gasteiger partial charge < -0.3 is 5.32 Å². The Bertz CT molecular complexity index is 375. The predicted molar refractivity (Wildman–Crippen MR) is 73.5 cm³/mol. The third kappa shape index (κ3) is 2.90. The molecule has 18 heavy (non-hydrogen) atoms. The van der Waals surface area contributed by atoms with Gasteiger partial charge in [-0.1, -0.05) is 6.07 Å². The van der Waals surface area contributed by atoms with Gasteiger partial charge in [-0.25, -0.2) is 0 Å². The first-order valence-electron chi connectivity index (χ1n) is 7.20. The highest BCUT2D eigenvalue weighted by molar-refractivity contribution is 5.04. The summed E-state index contributed by atoms with van der Waals surface area (Å²) >= 11 is 0. The summed E-state index contributed by atoms with van der Waals surface area (Å²) in [5.74, 6) is 0.954. The first-order chi connectivity index (χ1) is 8.83. The number of aromatic nitrogens is 1. The lowest BCUT2D eigenvalue weighted by atomic mass is 10.1. The molecule has 1 aromatic rings. The van der Waals surface area contributed by atoms with E-state index in [-0.39, 0.29) is 0 Å². The van der Waals surface area contributed by atoms with Crippen LogP contribution in [-0.2, 0) is 6.42 Å². The molecule has 2 fully saturated rings. The van der Waals surface area contributed by atoms with Gasteiger partial charge in [-0.2, -0.15) is 0 Å². The monoisotopic (exact) mass is 245 g/mol. The number of rotatable bonds is 4. The molecule has 1 aliphatic heterocycles. The van der Waals surface area contributed by atoms with E-state index in [4.69, 9.17) is 0 Å². The summed E-state index contributed by atoms with van der Waals surface area (Å²) in [7, 11) is 0. The molecule has 2 unspecified atom stereocenters. The molecule has 1 N–H and O–H groups in total. The van der Waals surface area contributed by atoms with Crippen molar-refractivity contribution in [3.63, 3.8) is 0 Å². The highest BCUT2D eigenvalue weighted by Gasteiger charge is 2.35. The molecule has 3 rings (SSSR count). The summed E-state index contributed by atoms with van der Waals surface area (Å²) in [5, 5.41) is 3.70. The molecular formula is C15H23N3. The topological polar surface area (TPSA) is 28.2 Å². The lowest BCUT2D eigenvalue weighted by Crippen LogP contribution is -2.56. The molecule has 2 aliphatic rings. The molecule has 0 spiro atoms. The van der Waals surface area contributed by atoms with Gasteiger partial charge in [0, 0.05) is 50.0 Å². The molecule has 0 radical (unpaired) electrons. The number of piperazine rings is 1. The second kappa shape index (κ2) is 5.37.